The maximum atomic E-state index is 11.3. The van der Waals surface area contributed by atoms with Gasteiger partial charge in [-0.2, -0.15) is 0 Å². The van der Waals surface area contributed by atoms with Crippen LogP contribution in [-0.4, -0.2) is 49.9 Å². The Morgan fingerprint density at radius 2 is 2.19 bits per heavy atom. The zero-order chi connectivity index (χ0) is 18.5. The summed E-state index contributed by atoms with van der Waals surface area (Å²) in [6, 6.07) is 9.28. The van der Waals surface area contributed by atoms with Crippen molar-refractivity contribution in [3.8, 4) is 5.75 Å². The number of benzene rings is 1. The topological polar surface area (TPSA) is 114 Å². The molecule has 0 bridgehead atoms. The zero-order valence-corrected chi connectivity index (χ0v) is 14.5. The average molecular weight is 358 g/mol. The number of aromatic amines is 1. The molecule has 3 rings (SSSR count). The Labute approximate surface area is 151 Å². The molecule has 1 aromatic heterocycles. The lowest BCUT2D eigenvalue weighted by Gasteiger charge is -2.16. The monoisotopic (exact) mass is 358 g/mol. The summed E-state index contributed by atoms with van der Waals surface area (Å²) in [5, 5.41) is 7.43. The van der Waals surface area contributed by atoms with Crippen LogP contribution in [-0.2, 0) is 20.7 Å². The van der Waals surface area contributed by atoms with Gasteiger partial charge >= 0.3 is 5.97 Å². The number of hydrogen-bond donors (Lipinski definition) is 3. The first-order valence-corrected chi connectivity index (χ1v) is 8.23. The van der Waals surface area contributed by atoms with E-state index in [1.807, 2.05) is 24.3 Å². The number of hydrogen-bond acceptors (Lipinski definition) is 6. The van der Waals surface area contributed by atoms with E-state index >= 15 is 0 Å². The molecule has 1 atom stereocenters. The van der Waals surface area contributed by atoms with Crippen molar-refractivity contribution in [3.05, 3.63) is 47.8 Å². The molecule has 1 unspecified atom stereocenters. The molecule has 2 aromatic rings. The third kappa shape index (κ3) is 4.34. The number of anilines is 1. The van der Waals surface area contributed by atoms with Gasteiger partial charge in [-0.1, -0.05) is 0 Å². The van der Waals surface area contributed by atoms with E-state index in [0.29, 0.717) is 31.2 Å². The van der Waals surface area contributed by atoms with Crippen LogP contribution in [0.2, 0.25) is 0 Å². The van der Waals surface area contributed by atoms with E-state index in [1.54, 1.807) is 12.3 Å². The molecule has 0 saturated carbocycles. The van der Waals surface area contributed by atoms with Gasteiger partial charge in [0.2, 0.25) is 0 Å². The van der Waals surface area contributed by atoms with Gasteiger partial charge in [0.1, 0.15) is 31.0 Å². The highest BCUT2D eigenvalue weighted by Crippen LogP contribution is 2.21. The summed E-state index contributed by atoms with van der Waals surface area (Å²) in [6.45, 7) is 1.60. The van der Waals surface area contributed by atoms with Crippen molar-refractivity contribution in [2.45, 2.75) is 12.5 Å². The fraction of sp³-hybridized carbons (Fsp3) is 0.333. The summed E-state index contributed by atoms with van der Waals surface area (Å²) in [6.07, 6.45) is 1.84. The number of methoxy groups -OCH3 is 1. The molecule has 1 aliphatic heterocycles. The highest BCUT2D eigenvalue weighted by molar-refractivity contribution is 5.95. The summed E-state index contributed by atoms with van der Waals surface area (Å²) in [5.41, 5.74) is 7.92. The second-order valence-electron chi connectivity index (χ2n) is 6.03. The van der Waals surface area contributed by atoms with E-state index in [-0.39, 0.29) is 24.3 Å². The number of nitrogens with one attached hydrogen (secondary N) is 2. The lowest BCUT2D eigenvalue weighted by atomic mass is 10.2. The Balaban J connectivity index is 1.49. The first-order chi connectivity index (χ1) is 12.5. The molecule has 2 heterocycles. The molecule has 1 aromatic carbocycles. The summed E-state index contributed by atoms with van der Waals surface area (Å²) in [7, 11) is 1.36. The maximum Gasteiger partial charge on any atom is 0.311 e. The van der Waals surface area contributed by atoms with Crippen LogP contribution in [0.3, 0.4) is 0 Å². The third-order valence-corrected chi connectivity index (χ3v) is 4.15. The van der Waals surface area contributed by atoms with Crippen LogP contribution in [0.4, 0.5) is 5.69 Å². The lowest BCUT2D eigenvalue weighted by Crippen LogP contribution is -2.25. The van der Waals surface area contributed by atoms with E-state index in [2.05, 4.69) is 14.6 Å². The lowest BCUT2D eigenvalue weighted by molar-refractivity contribution is -0.139. The molecular weight excluding hydrogens is 336 g/mol. The molecule has 0 amide bonds. The largest absolute Gasteiger partial charge is 0.489 e. The van der Waals surface area contributed by atoms with E-state index in [1.165, 1.54) is 7.11 Å². The third-order valence-electron chi connectivity index (χ3n) is 4.15. The molecule has 138 valence electrons. The van der Waals surface area contributed by atoms with Crippen LogP contribution in [0.1, 0.15) is 11.3 Å². The fourth-order valence-corrected chi connectivity index (χ4v) is 2.70. The minimum Gasteiger partial charge on any atom is -0.489 e. The molecule has 26 heavy (non-hydrogen) atoms. The van der Waals surface area contributed by atoms with Crippen molar-refractivity contribution < 1.29 is 19.0 Å². The van der Waals surface area contributed by atoms with Crippen LogP contribution in [0.25, 0.3) is 0 Å². The molecule has 1 aliphatic rings. The molecule has 8 heteroatoms. The van der Waals surface area contributed by atoms with E-state index in [4.69, 9.17) is 20.6 Å². The minimum absolute atomic E-state index is 0.0542. The van der Waals surface area contributed by atoms with Gasteiger partial charge in [-0.3, -0.25) is 10.2 Å². The van der Waals surface area contributed by atoms with Crippen LogP contribution in [0.5, 0.6) is 5.75 Å². The van der Waals surface area contributed by atoms with Crippen LogP contribution >= 0.6 is 0 Å². The Morgan fingerprint density at radius 1 is 1.42 bits per heavy atom. The fourth-order valence-electron chi connectivity index (χ4n) is 2.70. The second kappa shape index (κ2) is 7.92. The van der Waals surface area contributed by atoms with Gasteiger partial charge < -0.3 is 29.8 Å². The normalized spacial score (nSPS) is 16.5. The van der Waals surface area contributed by atoms with Gasteiger partial charge in [0.25, 0.3) is 0 Å². The Morgan fingerprint density at radius 3 is 2.88 bits per heavy atom. The molecule has 1 fully saturated rings. The number of carbonyl (C=O) groups excluding carboxylic acids is 1. The Kier molecular flexibility index (Phi) is 5.43. The predicted octanol–water partition coefficient (Wildman–Crippen LogP) is 1.26. The van der Waals surface area contributed by atoms with Gasteiger partial charge in [-0.25, -0.2) is 0 Å². The van der Waals surface area contributed by atoms with Crippen LogP contribution < -0.4 is 15.4 Å². The van der Waals surface area contributed by atoms with Crippen molar-refractivity contribution in [1.29, 1.82) is 5.41 Å². The predicted molar refractivity (Wildman–Crippen MR) is 96.6 cm³/mol. The van der Waals surface area contributed by atoms with Gasteiger partial charge in [0, 0.05) is 35.8 Å². The van der Waals surface area contributed by atoms with E-state index in [9.17, 15) is 4.79 Å². The molecule has 0 aliphatic carbocycles. The zero-order valence-electron chi connectivity index (χ0n) is 14.5. The summed E-state index contributed by atoms with van der Waals surface area (Å²) in [5.74, 6) is 0.416. The second-order valence-corrected chi connectivity index (χ2v) is 6.03. The number of H-pyrrole nitrogens is 1. The summed E-state index contributed by atoms with van der Waals surface area (Å²) >= 11 is 0. The quantitative estimate of drug-likeness (QED) is 0.390. The highest BCUT2D eigenvalue weighted by Gasteiger charge is 2.24. The van der Waals surface area contributed by atoms with Crippen molar-refractivity contribution in [2.24, 2.45) is 5.73 Å². The van der Waals surface area contributed by atoms with E-state index < -0.39 is 0 Å². The molecule has 8 nitrogen and oxygen atoms in total. The first-order valence-electron chi connectivity index (χ1n) is 8.23. The first kappa shape index (κ1) is 17.8. The summed E-state index contributed by atoms with van der Waals surface area (Å²) in [4.78, 5) is 16.3. The van der Waals surface area contributed by atoms with Gasteiger partial charge in [0.15, 0.2) is 0 Å². The number of esters is 1. The maximum absolute atomic E-state index is 11.3. The molecule has 4 N–H and O–H groups in total. The number of nitrogens with zero attached hydrogens (tertiary/aromatic N) is 1. The van der Waals surface area contributed by atoms with Gasteiger partial charge in [0.05, 0.1) is 13.5 Å². The van der Waals surface area contributed by atoms with Crippen molar-refractivity contribution >= 4 is 17.5 Å². The highest BCUT2D eigenvalue weighted by atomic mass is 16.5. The van der Waals surface area contributed by atoms with Gasteiger partial charge in [-0.15, -0.1) is 0 Å². The van der Waals surface area contributed by atoms with Gasteiger partial charge in [-0.05, 0) is 24.3 Å². The average Bonchev–Trinajstić information content (AvgIpc) is 3.29. The number of nitrogen functional groups attached to an aromatic ring is 1. The number of aromatic nitrogens is 1. The van der Waals surface area contributed by atoms with Crippen molar-refractivity contribution in [1.82, 2.24) is 4.98 Å². The molecule has 0 spiro atoms. The number of rotatable bonds is 7. The standard InChI is InChI=1S/C18H22N4O4/c1-24-17(23)7-13-6-15(8-21-13)25-10-16-9-22(11-26-16)14-4-2-12(3-5-14)18(19)20/h2-6,8,16,21H,7,9-11H2,1H3,(H3,19,20). The number of nitrogens with two attached hydrogens (primary N) is 1. The minimum atomic E-state index is -0.302. The molecular formula is C18H22N4O4. The number of amidine groups is 1. The molecule has 1 saturated heterocycles. The Bertz CT molecular complexity index is 772. The summed E-state index contributed by atoms with van der Waals surface area (Å²) < 4.78 is 16.1. The number of ether oxygens (including phenoxy) is 3. The van der Waals surface area contributed by atoms with Crippen LogP contribution in [0.15, 0.2) is 36.5 Å². The van der Waals surface area contributed by atoms with E-state index in [0.717, 1.165) is 11.4 Å². The van der Waals surface area contributed by atoms with Crippen LogP contribution in [0, 0.1) is 5.41 Å². The number of carbonyl (C=O) groups is 1. The molecule has 0 radical (unpaired) electrons. The smallest absolute Gasteiger partial charge is 0.311 e. The SMILES string of the molecule is COC(=O)Cc1cc(OCC2CN(c3ccc(C(=N)N)cc3)CO2)c[nH]1. The van der Waals surface area contributed by atoms with Crippen molar-refractivity contribution in [3.63, 3.8) is 0 Å². The van der Waals surface area contributed by atoms with Crippen molar-refractivity contribution in [2.75, 3.05) is 31.9 Å². The Hall–Kier alpha value is -3.00.